The van der Waals surface area contributed by atoms with Crippen LogP contribution in [0.15, 0.2) is 24.3 Å². The summed E-state index contributed by atoms with van der Waals surface area (Å²) in [5.74, 6) is 0.303. The zero-order valence-corrected chi connectivity index (χ0v) is 12.4. The van der Waals surface area contributed by atoms with Gasteiger partial charge in [0.2, 0.25) is 0 Å². The zero-order chi connectivity index (χ0) is 14.7. The highest BCUT2D eigenvalue weighted by Crippen LogP contribution is 2.27. The van der Waals surface area contributed by atoms with Gasteiger partial charge in [0.1, 0.15) is 5.75 Å². The Bertz CT molecular complexity index is 637. The van der Waals surface area contributed by atoms with Gasteiger partial charge in [-0.05, 0) is 38.1 Å². The van der Waals surface area contributed by atoms with E-state index in [9.17, 15) is 4.79 Å². The largest absolute Gasteiger partial charge is 0.495 e. The fraction of sp³-hybridized carbons (Fsp3) is 0.286. The first kappa shape index (κ1) is 14.4. The topological polar surface area (TPSA) is 56.2 Å². The van der Waals surface area contributed by atoms with E-state index in [1.54, 1.807) is 36.1 Å². The molecule has 6 heteroatoms. The average molecular weight is 294 g/mol. The summed E-state index contributed by atoms with van der Waals surface area (Å²) in [5.41, 5.74) is 1.94. The quantitative estimate of drug-likeness (QED) is 0.942. The lowest BCUT2D eigenvalue weighted by Gasteiger charge is -2.06. The zero-order valence-electron chi connectivity index (χ0n) is 11.6. The highest BCUT2D eigenvalue weighted by Gasteiger charge is 2.12. The van der Waals surface area contributed by atoms with Crippen molar-refractivity contribution in [3.63, 3.8) is 0 Å². The maximum Gasteiger partial charge on any atom is 0.276 e. The van der Waals surface area contributed by atoms with Crippen LogP contribution < -0.4 is 10.1 Å². The van der Waals surface area contributed by atoms with E-state index in [1.165, 1.54) is 0 Å². The molecule has 0 fully saturated rings. The molecule has 1 aromatic carbocycles. The minimum Gasteiger partial charge on any atom is -0.495 e. The minimum atomic E-state index is -0.262. The van der Waals surface area contributed by atoms with E-state index >= 15 is 0 Å². The SMILES string of the molecule is CCn1nc(C(=O)Nc2ccc(OC)c(Cl)c2)cc1C. The number of aryl methyl sites for hydroxylation is 2. The summed E-state index contributed by atoms with van der Waals surface area (Å²) in [6.45, 7) is 4.62. The van der Waals surface area contributed by atoms with Crippen LogP contribution in [0.4, 0.5) is 5.69 Å². The molecule has 1 N–H and O–H groups in total. The molecule has 106 valence electrons. The van der Waals surface area contributed by atoms with Gasteiger partial charge >= 0.3 is 0 Å². The number of rotatable bonds is 4. The smallest absolute Gasteiger partial charge is 0.276 e. The van der Waals surface area contributed by atoms with Crippen LogP contribution in [-0.2, 0) is 6.54 Å². The first-order valence-corrected chi connectivity index (χ1v) is 6.62. The van der Waals surface area contributed by atoms with Crippen LogP contribution in [0.3, 0.4) is 0 Å². The molecule has 2 aromatic rings. The molecule has 0 atom stereocenters. The number of amides is 1. The summed E-state index contributed by atoms with van der Waals surface area (Å²) in [6, 6.07) is 6.83. The molecule has 5 nitrogen and oxygen atoms in total. The van der Waals surface area contributed by atoms with E-state index in [0.717, 1.165) is 12.2 Å². The van der Waals surface area contributed by atoms with E-state index in [2.05, 4.69) is 10.4 Å². The molecule has 0 aliphatic rings. The molecule has 1 heterocycles. The predicted octanol–water partition coefficient (Wildman–Crippen LogP) is 3.13. The van der Waals surface area contributed by atoms with Crippen LogP contribution in [0.5, 0.6) is 5.75 Å². The van der Waals surface area contributed by atoms with Gasteiger partial charge in [-0.2, -0.15) is 5.10 Å². The first-order chi connectivity index (χ1) is 9.55. The normalized spacial score (nSPS) is 10.4. The monoisotopic (exact) mass is 293 g/mol. The fourth-order valence-electron chi connectivity index (χ4n) is 1.88. The lowest BCUT2D eigenvalue weighted by Crippen LogP contribution is -2.13. The molecule has 0 saturated carbocycles. The molecule has 0 saturated heterocycles. The molecule has 0 bridgehead atoms. The first-order valence-electron chi connectivity index (χ1n) is 6.24. The van der Waals surface area contributed by atoms with Crippen LogP contribution in [0, 0.1) is 6.92 Å². The highest BCUT2D eigenvalue weighted by atomic mass is 35.5. The van der Waals surface area contributed by atoms with E-state index in [-0.39, 0.29) is 5.91 Å². The van der Waals surface area contributed by atoms with Gasteiger partial charge in [-0.25, -0.2) is 0 Å². The third-order valence-electron chi connectivity index (χ3n) is 2.92. The second-order valence-corrected chi connectivity index (χ2v) is 4.70. The van der Waals surface area contributed by atoms with Gasteiger partial charge < -0.3 is 10.1 Å². The van der Waals surface area contributed by atoms with Crippen molar-refractivity contribution in [2.24, 2.45) is 0 Å². The Morgan fingerprint density at radius 3 is 2.75 bits per heavy atom. The number of carbonyl (C=O) groups is 1. The lowest BCUT2D eigenvalue weighted by atomic mass is 10.3. The number of hydrogen-bond acceptors (Lipinski definition) is 3. The number of ether oxygens (including phenoxy) is 1. The number of aromatic nitrogens is 2. The van der Waals surface area contributed by atoms with Crippen LogP contribution >= 0.6 is 11.6 Å². The maximum absolute atomic E-state index is 12.1. The standard InChI is InChI=1S/C14H16ClN3O2/c1-4-18-9(2)7-12(17-18)14(19)16-10-5-6-13(20-3)11(15)8-10/h5-8H,4H2,1-3H3,(H,16,19). The van der Waals surface area contributed by atoms with Crippen LogP contribution in [0.25, 0.3) is 0 Å². The molecular weight excluding hydrogens is 278 g/mol. The average Bonchev–Trinajstić information content (AvgIpc) is 2.80. The van der Waals surface area contributed by atoms with Crippen LogP contribution in [0.1, 0.15) is 23.1 Å². The molecule has 2 rings (SSSR count). The van der Waals surface area contributed by atoms with Crippen molar-refractivity contribution in [1.82, 2.24) is 9.78 Å². The summed E-state index contributed by atoms with van der Waals surface area (Å²) in [7, 11) is 1.54. The maximum atomic E-state index is 12.1. The number of hydrogen-bond donors (Lipinski definition) is 1. The third kappa shape index (κ3) is 2.93. The van der Waals surface area contributed by atoms with Gasteiger partial charge in [0.25, 0.3) is 5.91 Å². The second-order valence-electron chi connectivity index (χ2n) is 4.29. The summed E-state index contributed by atoms with van der Waals surface area (Å²) in [4.78, 5) is 12.1. The van der Waals surface area contributed by atoms with Crippen molar-refractivity contribution in [1.29, 1.82) is 0 Å². The summed E-state index contributed by atoms with van der Waals surface area (Å²) in [6.07, 6.45) is 0. The number of anilines is 1. The van der Waals surface area contributed by atoms with Gasteiger partial charge in [0, 0.05) is 17.9 Å². The summed E-state index contributed by atoms with van der Waals surface area (Å²) in [5, 5.41) is 7.43. The predicted molar refractivity (Wildman–Crippen MR) is 78.6 cm³/mol. The van der Waals surface area contributed by atoms with Crippen molar-refractivity contribution in [3.05, 3.63) is 40.7 Å². The molecule has 20 heavy (non-hydrogen) atoms. The van der Waals surface area contributed by atoms with Gasteiger partial charge in [0.15, 0.2) is 5.69 Å². The van der Waals surface area contributed by atoms with Crippen molar-refractivity contribution < 1.29 is 9.53 Å². The van der Waals surface area contributed by atoms with Crippen molar-refractivity contribution in [3.8, 4) is 5.75 Å². The Labute approximate surface area is 122 Å². The number of benzene rings is 1. The molecule has 0 unspecified atom stereocenters. The van der Waals surface area contributed by atoms with E-state index in [4.69, 9.17) is 16.3 Å². The summed E-state index contributed by atoms with van der Waals surface area (Å²) >= 11 is 6.01. The minimum absolute atomic E-state index is 0.262. The van der Waals surface area contributed by atoms with Gasteiger partial charge in [-0.3, -0.25) is 9.48 Å². The Morgan fingerprint density at radius 1 is 1.45 bits per heavy atom. The van der Waals surface area contributed by atoms with E-state index in [0.29, 0.717) is 22.2 Å². The van der Waals surface area contributed by atoms with E-state index in [1.807, 2.05) is 13.8 Å². The van der Waals surface area contributed by atoms with Crippen molar-refractivity contribution in [2.45, 2.75) is 20.4 Å². The Hall–Kier alpha value is -2.01. The van der Waals surface area contributed by atoms with Gasteiger partial charge in [0.05, 0.1) is 12.1 Å². The number of methoxy groups -OCH3 is 1. The fourth-order valence-corrected chi connectivity index (χ4v) is 2.14. The molecule has 1 aromatic heterocycles. The molecular formula is C14H16ClN3O2. The highest BCUT2D eigenvalue weighted by molar-refractivity contribution is 6.32. The van der Waals surface area contributed by atoms with Crippen LogP contribution in [-0.4, -0.2) is 22.8 Å². The van der Waals surface area contributed by atoms with Gasteiger partial charge in [-0.1, -0.05) is 11.6 Å². The van der Waals surface area contributed by atoms with E-state index < -0.39 is 0 Å². The number of carbonyl (C=O) groups excluding carboxylic acids is 1. The second kappa shape index (κ2) is 5.96. The molecule has 0 aliphatic carbocycles. The van der Waals surface area contributed by atoms with Crippen molar-refractivity contribution >= 4 is 23.2 Å². The third-order valence-corrected chi connectivity index (χ3v) is 3.22. The van der Waals surface area contributed by atoms with Crippen molar-refractivity contribution in [2.75, 3.05) is 12.4 Å². The van der Waals surface area contributed by atoms with Gasteiger partial charge in [-0.15, -0.1) is 0 Å². The number of halogens is 1. The summed E-state index contributed by atoms with van der Waals surface area (Å²) < 4.78 is 6.84. The number of nitrogens with one attached hydrogen (secondary N) is 1. The molecule has 0 aliphatic heterocycles. The Morgan fingerprint density at radius 2 is 2.20 bits per heavy atom. The lowest BCUT2D eigenvalue weighted by molar-refractivity contribution is 0.102. The number of nitrogens with zero attached hydrogens (tertiary/aromatic N) is 2. The van der Waals surface area contributed by atoms with Crippen LogP contribution in [0.2, 0.25) is 5.02 Å². The molecule has 0 spiro atoms. The molecule has 0 radical (unpaired) electrons. The Balaban J connectivity index is 2.16. The molecule has 1 amide bonds. The Kier molecular flexibility index (Phi) is 4.29.